The van der Waals surface area contributed by atoms with Crippen molar-refractivity contribution < 1.29 is 23.4 Å². The minimum absolute atomic E-state index is 0.210. The molecule has 0 radical (unpaired) electrons. The van der Waals surface area contributed by atoms with E-state index in [1.807, 2.05) is 4.90 Å². The topological polar surface area (TPSA) is 61.8 Å². The third-order valence-corrected chi connectivity index (χ3v) is 8.79. The van der Waals surface area contributed by atoms with E-state index in [2.05, 4.69) is 38.2 Å². The molecular weight excluding hydrogens is 510 g/mol. The van der Waals surface area contributed by atoms with Crippen LogP contribution in [0, 0.1) is 11.7 Å². The second-order valence-corrected chi connectivity index (χ2v) is 11.9. The molecule has 1 aromatic rings. The summed E-state index contributed by atoms with van der Waals surface area (Å²) in [6.07, 6.45) is 10.9. The molecule has 7 heteroatoms. The van der Waals surface area contributed by atoms with Gasteiger partial charge in [0.15, 0.2) is 0 Å². The summed E-state index contributed by atoms with van der Waals surface area (Å²) in [7, 11) is 0. The summed E-state index contributed by atoms with van der Waals surface area (Å²) in [5.74, 6) is -1.70. The number of hydrogen-bond donors (Lipinski definition) is 2. The lowest BCUT2D eigenvalue weighted by Crippen LogP contribution is -2.34. The Balaban J connectivity index is 1.31. The van der Waals surface area contributed by atoms with Crippen molar-refractivity contribution in [3.05, 3.63) is 69.7 Å². The second kappa shape index (κ2) is 14.4. The molecule has 3 aliphatic rings. The van der Waals surface area contributed by atoms with E-state index in [9.17, 15) is 14.3 Å². The zero-order chi connectivity index (χ0) is 28.6. The zero-order valence-electron chi connectivity index (χ0n) is 24.4. The Morgan fingerprint density at radius 2 is 2.08 bits per heavy atom. The van der Waals surface area contributed by atoms with Crippen molar-refractivity contribution in [1.82, 2.24) is 10.2 Å². The first-order valence-corrected chi connectivity index (χ1v) is 15.0. The van der Waals surface area contributed by atoms with Crippen LogP contribution in [-0.4, -0.2) is 48.4 Å². The molecule has 0 aliphatic carbocycles. The van der Waals surface area contributed by atoms with Crippen molar-refractivity contribution in [3.8, 4) is 0 Å². The number of ether oxygens (including phenoxy) is 1. The van der Waals surface area contributed by atoms with Gasteiger partial charge >= 0.3 is 5.97 Å². The predicted molar refractivity (Wildman–Crippen MR) is 155 cm³/mol. The van der Waals surface area contributed by atoms with Gasteiger partial charge in [0.1, 0.15) is 18.0 Å². The number of hydrogen-bond acceptors (Lipinski definition) is 4. The summed E-state index contributed by atoms with van der Waals surface area (Å²) in [6, 6.07) is 3.35. The minimum Gasteiger partial charge on any atom is -0.480 e. The lowest BCUT2D eigenvalue weighted by Gasteiger charge is -2.28. The van der Waals surface area contributed by atoms with Gasteiger partial charge in [-0.25, -0.2) is 8.78 Å². The summed E-state index contributed by atoms with van der Waals surface area (Å²) < 4.78 is 35.4. The number of alkyl halides is 1. The lowest BCUT2D eigenvalue weighted by atomic mass is 9.93. The van der Waals surface area contributed by atoms with Gasteiger partial charge in [0, 0.05) is 31.3 Å². The maximum atomic E-state index is 15.4. The average Bonchev–Trinajstić information content (AvgIpc) is 3.62. The Labute approximate surface area is 238 Å². The fraction of sp³-hybridized carbons (Fsp3) is 0.606. The number of benzene rings is 1. The Morgan fingerprint density at radius 1 is 1.25 bits per heavy atom. The normalized spacial score (nSPS) is 23.4. The highest BCUT2D eigenvalue weighted by atomic mass is 19.1. The van der Waals surface area contributed by atoms with Crippen LogP contribution < -0.4 is 5.32 Å². The third-order valence-electron chi connectivity index (χ3n) is 8.79. The van der Waals surface area contributed by atoms with Gasteiger partial charge in [0.25, 0.3) is 0 Å². The number of unbranched alkanes of at least 4 members (excludes halogenated alkanes) is 1. The van der Waals surface area contributed by atoms with Crippen molar-refractivity contribution in [3.63, 3.8) is 0 Å². The van der Waals surface area contributed by atoms with Gasteiger partial charge in [-0.2, -0.15) is 0 Å². The standard InChI is InChI=1S/C33H46F2N2O3/c1-22(2)24(12-13-25-9-6-17-36-23(25)3)8-4-5-10-30(35)26-16-18-37(21-26)32(33(38)39)29-20-27(34)14-15-28(29)31-11-7-19-40-31/h12-15,20,26,30-32,36H,4-11,16-19,21H2,1-3H3,(H,38,39)/b13-12-/t26-,30?,31?,32?/m1/s1. The third kappa shape index (κ3) is 7.82. The van der Waals surface area contributed by atoms with E-state index >= 15 is 4.39 Å². The number of likely N-dealkylation sites (tertiary alicyclic amines) is 1. The van der Waals surface area contributed by atoms with Crippen molar-refractivity contribution >= 4 is 5.97 Å². The zero-order valence-corrected chi connectivity index (χ0v) is 24.4. The Kier molecular flexibility index (Phi) is 11.0. The molecule has 220 valence electrons. The average molecular weight is 557 g/mol. The molecule has 2 fully saturated rings. The van der Waals surface area contributed by atoms with Crippen LogP contribution in [0.5, 0.6) is 0 Å². The second-order valence-electron chi connectivity index (χ2n) is 11.9. The van der Waals surface area contributed by atoms with Gasteiger partial charge in [-0.1, -0.05) is 30.2 Å². The molecule has 4 rings (SSSR count). The van der Waals surface area contributed by atoms with Crippen LogP contribution in [0.15, 0.2) is 52.8 Å². The van der Waals surface area contributed by atoms with Crippen molar-refractivity contribution in [2.45, 2.75) is 96.9 Å². The summed E-state index contributed by atoms with van der Waals surface area (Å²) in [5, 5.41) is 13.6. The SMILES string of the molecule is CC(C)=C(/C=C\C1=C(C)NCCC1)CCCCC(F)[C@@H]1CCN(C(C(=O)O)c2cc(F)ccc2C2CCCO2)C1. The van der Waals surface area contributed by atoms with E-state index in [-0.39, 0.29) is 12.0 Å². The van der Waals surface area contributed by atoms with Crippen LogP contribution in [-0.2, 0) is 9.53 Å². The van der Waals surface area contributed by atoms with Crippen molar-refractivity contribution in [1.29, 1.82) is 0 Å². The molecule has 3 unspecified atom stereocenters. The first kappa shape index (κ1) is 30.4. The molecule has 5 nitrogen and oxygen atoms in total. The first-order chi connectivity index (χ1) is 19.2. The number of carboxylic acid groups (broad SMARTS) is 1. The molecule has 2 N–H and O–H groups in total. The summed E-state index contributed by atoms with van der Waals surface area (Å²) in [6.45, 7) is 8.91. The molecule has 4 atom stereocenters. The van der Waals surface area contributed by atoms with Crippen LogP contribution in [0.4, 0.5) is 8.78 Å². The van der Waals surface area contributed by atoms with E-state index in [1.165, 1.54) is 34.5 Å². The smallest absolute Gasteiger partial charge is 0.325 e. The monoisotopic (exact) mass is 556 g/mol. The van der Waals surface area contributed by atoms with Gasteiger partial charge in [-0.3, -0.25) is 9.69 Å². The molecule has 1 aromatic carbocycles. The highest BCUT2D eigenvalue weighted by Crippen LogP contribution is 2.38. The van der Waals surface area contributed by atoms with E-state index < -0.39 is 24.0 Å². The van der Waals surface area contributed by atoms with Gasteiger partial charge in [0.05, 0.1) is 6.10 Å². The van der Waals surface area contributed by atoms with E-state index in [0.717, 1.165) is 57.1 Å². The van der Waals surface area contributed by atoms with Gasteiger partial charge in [-0.15, -0.1) is 0 Å². The van der Waals surface area contributed by atoms with Gasteiger partial charge < -0.3 is 15.2 Å². The van der Waals surface area contributed by atoms with Gasteiger partial charge in [0.2, 0.25) is 0 Å². The van der Waals surface area contributed by atoms with E-state index in [4.69, 9.17) is 4.74 Å². The van der Waals surface area contributed by atoms with E-state index in [0.29, 0.717) is 38.1 Å². The molecule has 0 saturated carbocycles. The van der Waals surface area contributed by atoms with Crippen LogP contribution >= 0.6 is 0 Å². The maximum absolute atomic E-state index is 15.4. The molecule has 3 aliphatic heterocycles. The number of aliphatic carboxylic acids is 1. The fourth-order valence-corrected chi connectivity index (χ4v) is 6.39. The number of nitrogens with zero attached hydrogens (tertiary/aromatic N) is 1. The van der Waals surface area contributed by atoms with Crippen molar-refractivity contribution in [2.24, 2.45) is 5.92 Å². The Morgan fingerprint density at radius 3 is 2.77 bits per heavy atom. The highest BCUT2D eigenvalue weighted by Gasteiger charge is 2.38. The molecule has 40 heavy (non-hydrogen) atoms. The number of allylic oxidation sites excluding steroid dienone is 6. The molecule has 2 saturated heterocycles. The highest BCUT2D eigenvalue weighted by molar-refractivity contribution is 5.76. The Hall–Kier alpha value is -2.51. The molecule has 0 bridgehead atoms. The fourth-order valence-electron chi connectivity index (χ4n) is 6.39. The van der Waals surface area contributed by atoms with Crippen LogP contribution in [0.1, 0.15) is 102 Å². The molecule has 0 aromatic heterocycles. The van der Waals surface area contributed by atoms with Crippen LogP contribution in [0.2, 0.25) is 0 Å². The van der Waals surface area contributed by atoms with Crippen molar-refractivity contribution in [2.75, 3.05) is 26.2 Å². The summed E-state index contributed by atoms with van der Waals surface area (Å²) >= 11 is 0. The molecule has 0 spiro atoms. The van der Waals surface area contributed by atoms with Crippen LogP contribution in [0.3, 0.4) is 0 Å². The lowest BCUT2D eigenvalue weighted by molar-refractivity contribution is -0.143. The number of halogens is 2. The maximum Gasteiger partial charge on any atom is 0.325 e. The first-order valence-electron chi connectivity index (χ1n) is 15.0. The number of nitrogens with one attached hydrogen (secondary N) is 1. The van der Waals surface area contributed by atoms with E-state index in [1.54, 1.807) is 6.07 Å². The predicted octanol–water partition coefficient (Wildman–Crippen LogP) is 7.57. The number of carboxylic acids is 1. The largest absolute Gasteiger partial charge is 0.480 e. The molecule has 3 heterocycles. The summed E-state index contributed by atoms with van der Waals surface area (Å²) in [5.41, 5.74) is 6.40. The molecular formula is C33H46F2N2O3. The Bertz CT molecular complexity index is 1120. The summed E-state index contributed by atoms with van der Waals surface area (Å²) in [4.78, 5) is 14.2. The van der Waals surface area contributed by atoms with Crippen LogP contribution in [0.25, 0.3) is 0 Å². The molecule has 0 amide bonds. The quantitative estimate of drug-likeness (QED) is 0.205. The number of rotatable bonds is 12. The van der Waals surface area contributed by atoms with Gasteiger partial charge in [-0.05, 0) is 113 Å². The number of carbonyl (C=O) groups is 1. The minimum atomic E-state index is -1.03.